The Hall–Kier alpha value is -1.82. The molecular formula is C18H18ClN3OS. The number of oxazole rings is 1. The standard InChI is InChI=1S/C18H18ClN3OS/c19-14-3-1-4-16(11-14)22-8-6-21(7-9-22)12-15-13-23-18(20-15)17-5-2-10-24-17/h1-5,10-11,13H,6-9,12H2. The highest BCUT2D eigenvalue weighted by molar-refractivity contribution is 7.13. The maximum Gasteiger partial charge on any atom is 0.236 e. The second-order valence-corrected chi connectivity index (χ2v) is 7.25. The van der Waals surface area contributed by atoms with Gasteiger partial charge in [-0.2, -0.15) is 0 Å². The maximum atomic E-state index is 6.09. The van der Waals surface area contributed by atoms with Crippen molar-refractivity contribution in [1.29, 1.82) is 0 Å². The van der Waals surface area contributed by atoms with E-state index in [1.165, 1.54) is 5.69 Å². The summed E-state index contributed by atoms with van der Waals surface area (Å²) in [5, 5.41) is 2.83. The number of hydrogen-bond donors (Lipinski definition) is 0. The van der Waals surface area contributed by atoms with Gasteiger partial charge < -0.3 is 9.32 Å². The average Bonchev–Trinajstić information content (AvgIpc) is 3.27. The van der Waals surface area contributed by atoms with Crippen LogP contribution in [0.1, 0.15) is 5.69 Å². The minimum atomic E-state index is 0.720. The smallest absolute Gasteiger partial charge is 0.236 e. The van der Waals surface area contributed by atoms with Crippen molar-refractivity contribution in [3.63, 3.8) is 0 Å². The van der Waals surface area contributed by atoms with Gasteiger partial charge in [-0.05, 0) is 29.6 Å². The van der Waals surface area contributed by atoms with E-state index < -0.39 is 0 Å². The summed E-state index contributed by atoms with van der Waals surface area (Å²) in [4.78, 5) is 10.5. The first-order valence-corrected chi connectivity index (χ1v) is 9.25. The normalized spacial score (nSPS) is 15.8. The number of halogens is 1. The molecule has 0 radical (unpaired) electrons. The van der Waals surface area contributed by atoms with Gasteiger partial charge in [0.05, 0.1) is 10.6 Å². The number of nitrogens with zero attached hydrogens (tertiary/aromatic N) is 3. The number of thiophene rings is 1. The number of benzene rings is 1. The summed E-state index contributed by atoms with van der Waals surface area (Å²) in [7, 11) is 0. The Kier molecular flexibility index (Phi) is 4.56. The summed E-state index contributed by atoms with van der Waals surface area (Å²) < 4.78 is 5.60. The molecule has 24 heavy (non-hydrogen) atoms. The lowest BCUT2D eigenvalue weighted by atomic mass is 10.2. The largest absolute Gasteiger partial charge is 0.444 e. The second-order valence-electron chi connectivity index (χ2n) is 5.86. The Labute approximate surface area is 150 Å². The summed E-state index contributed by atoms with van der Waals surface area (Å²) in [6, 6.07) is 12.1. The predicted molar refractivity (Wildman–Crippen MR) is 98.8 cm³/mol. The van der Waals surface area contributed by atoms with Crippen LogP contribution >= 0.6 is 22.9 Å². The molecule has 6 heteroatoms. The van der Waals surface area contributed by atoms with E-state index in [1.807, 2.05) is 35.7 Å². The lowest BCUT2D eigenvalue weighted by Crippen LogP contribution is -2.46. The Morgan fingerprint density at radius 2 is 2.00 bits per heavy atom. The van der Waals surface area contributed by atoms with Crippen molar-refractivity contribution in [1.82, 2.24) is 9.88 Å². The molecule has 1 saturated heterocycles. The minimum absolute atomic E-state index is 0.720. The molecule has 0 aliphatic carbocycles. The van der Waals surface area contributed by atoms with E-state index in [-0.39, 0.29) is 0 Å². The van der Waals surface area contributed by atoms with Crippen LogP contribution < -0.4 is 4.90 Å². The first kappa shape index (κ1) is 15.7. The van der Waals surface area contributed by atoms with E-state index in [9.17, 15) is 0 Å². The number of anilines is 1. The van der Waals surface area contributed by atoms with Gasteiger partial charge >= 0.3 is 0 Å². The van der Waals surface area contributed by atoms with Crippen LogP contribution in [-0.4, -0.2) is 36.1 Å². The van der Waals surface area contributed by atoms with Crippen molar-refractivity contribution in [2.45, 2.75) is 6.54 Å². The van der Waals surface area contributed by atoms with Crippen molar-refractivity contribution in [3.8, 4) is 10.8 Å². The van der Waals surface area contributed by atoms with Crippen molar-refractivity contribution in [2.75, 3.05) is 31.1 Å². The molecule has 0 saturated carbocycles. The van der Waals surface area contributed by atoms with Crippen LogP contribution in [0.4, 0.5) is 5.69 Å². The molecule has 1 aromatic carbocycles. The Bertz CT molecular complexity index is 794. The van der Waals surface area contributed by atoms with Gasteiger partial charge in [0.1, 0.15) is 6.26 Å². The van der Waals surface area contributed by atoms with Crippen molar-refractivity contribution in [3.05, 3.63) is 58.8 Å². The van der Waals surface area contributed by atoms with Gasteiger partial charge in [-0.3, -0.25) is 4.90 Å². The lowest BCUT2D eigenvalue weighted by Gasteiger charge is -2.35. The maximum absolute atomic E-state index is 6.09. The highest BCUT2D eigenvalue weighted by Crippen LogP contribution is 2.25. The minimum Gasteiger partial charge on any atom is -0.444 e. The Morgan fingerprint density at radius 3 is 2.75 bits per heavy atom. The van der Waals surface area contributed by atoms with Crippen molar-refractivity contribution < 1.29 is 4.42 Å². The SMILES string of the molecule is Clc1cccc(N2CCN(Cc3coc(-c4cccs4)n3)CC2)c1. The molecule has 1 aliphatic heterocycles. The molecule has 1 aliphatic rings. The fourth-order valence-corrected chi connectivity index (χ4v) is 3.80. The van der Waals surface area contributed by atoms with Gasteiger partial charge in [0.2, 0.25) is 5.89 Å². The number of aromatic nitrogens is 1. The van der Waals surface area contributed by atoms with E-state index in [4.69, 9.17) is 16.0 Å². The van der Waals surface area contributed by atoms with Crippen LogP contribution in [0, 0.1) is 0 Å². The number of rotatable bonds is 4. The van der Waals surface area contributed by atoms with E-state index in [0.717, 1.165) is 54.2 Å². The Balaban J connectivity index is 1.35. The zero-order chi connectivity index (χ0) is 16.4. The average molecular weight is 360 g/mol. The molecule has 0 atom stereocenters. The molecule has 0 N–H and O–H groups in total. The van der Waals surface area contributed by atoms with Crippen LogP contribution in [0.2, 0.25) is 5.02 Å². The second kappa shape index (κ2) is 6.97. The number of hydrogen-bond acceptors (Lipinski definition) is 5. The zero-order valence-electron chi connectivity index (χ0n) is 13.2. The molecule has 4 nitrogen and oxygen atoms in total. The van der Waals surface area contributed by atoms with Crippen LogP contribution in [0.25, 0.3) is 10.8 Å². The molecule has 3 heterocycles. The molecule has 0 bridgehead atoms. The summed E-state index contributed by atoms with van der Waals surface area (Å²) in [5.41, 5.74) is 2.19. The van der Waals surface area contributed by atoms with Gasteiger partial charge in [-0.1, -0.05) is 23.7 Å². The highest BCUT2D eigenvalue weighted by Gasteiger charge is 2.19. The van der Waals surface area contributed by atoms with E-state index >= 15 is 0 Å². The van der Waals surface area contributed by atoms with Gasteiger partial charge in [0.25, 0.3) is 0 Å². The third-order valence-corrected chi connectivity index (χ3v) is 5.31. The molecule has 1 fully saturated rings. The highest BCUT2D eigenvalue weighted by atomic mass is 35.5. The molecule has 0 unspecified atom stereocenters. The molecule has 0 amide bonds. The summed E-state index contributed by atoms with van der Waals surface area (Å²) >= 11 is 7.74. The fraction of sp³-hybridized carbons (Fsp3) is 0.278. The first-order valence-electron chi connectivity index (χ1n) is 7.99. The topological polar surface area (TPSA) is 32.5 Å². The molecule has 0 spiro atoms. The Morgan fingerprint density at radius 1 is 1.12 bits per heavy atom. The van der Waals surface area contributed by atoms with Crippen LogP contribution in [0.3, 0.4) is 0 Å². The van der Waals surface area contributed by atoms with Crippen molar-refractivity contribution >= 4 is 28.6 Å². The van der Waals surface area contributed by atoms with Crippen molar-refractivity contribution in [2.24, 2.45) is 0 Å². The van der Waals surface area contributed by atoms with Gasteiger partial charge in [-0.15, -0.1) is 11.3 Å². The van der Waals surface area contributed by atoms with Crippen LogP contribution in [-0.2, 0) is 6.54 Å². The van der Waals surface area contributed by atoms with E-state index in [1.54, 1.807) is 17.6 Å². The van der Waals surface area contributed by atoms with Gasteiger partial charge in [-0.25, -0.2) is 4.98 Å². The molecule has 124 valence electrons. The van der Waals surface area contributed by atoms with Crippen LogP contribution in [0.15, 0.2) is 52.5 Å². The molecule has 3 aromatic rings. The van der Waals surface area contributed by atoms with E-state index in [2.05, 4.69) is 20.9 Å². The fourth-order valence-electron chi connectivity index (χ4n) is 2.96. The predicted octanol–water partition coefficient (Wildman–Crippen LogP) is 4.38. The molecule has 4 rings (SSSR count). The third-order valence-electron chi connectivity index (χ3n) is 4.21. The first-order chi connectivity index (χ1) is 11.8. The lowest BCUT2D eigenvalue weighted by molar-refractivity contribution is 0.247. The monoisotopic (exact) mass is 359 g/mol. The summed E-state index contributed by atoms with van der Waals surface area (Å²) in [5.74, 6) is 0.720. The third kappa shape index (κ3) is 3.48. The summed E-state index contributed by atoms with van der Waals surface area (Å²) in [6.07, 6.45) is 1.78. The van der Waals surface area contributed by atoms with Gasteiger partial charge in [0.15, 0.2) is 0 Å². The van der Waals surface area contributed by atoms with E-state index in [0.29, 0.717) is 0 Å². The molecule has 2 aromatic heterocycles. The quantitative estimate of drug-likeness (QED) is 0.692. The molecular weight excluding hydrogens is 342 g/mol. The van der Waals surface area contributed by atoms with Gasteiger partial charge in [0, 0.05) is 43.4 Å². The number of piperazine rings is 1. The zero-order valence-corrected chi connectivity index (χ0v) is 14.8. The summed E-state index contributed by atoms with van der Waals surface area (Å²) in [6.45, 7) is 4.84. The van der Waals surface area contributed by atoms with Crippen LogP contribution in [0.5, 0.6) is 0 Å².